The summed E-state index contributed by atoms with van der Waals surface area (Å²) in [6.07, 6.45) is 5.77. The molecule has 1 N–H and O–H groups in total. The van der Waals surface area contributed by atoms with Gasteiger partial charge < -0.3 is 19.2 Å². The van der Waals surface area contributed by atoms with Gasteiger partial charge in [0.25, 0.3) is 5.91 Å². The van der Waals surface area contributed by atoms with E-state index in [-0.39, 0.29) is 25.0 Å². The van der Waals surface area contributed by atoms with Gasteiger partial charge in [0, 0.05) is 4.47 Å². The molecule has 0 aliphatic heterocycles. The minimum absolute atomic E-state index is 0.187. The number of halogens is 1. The summed E-state index contributed by atoms with van der Waals surface area (Å²) in [5.74, 6) is 1.84. The van der Waals surface area contributed by atoms with Gasteiger partial charge in [0.2, 0.25) is 0 Å². The van der Waals surface area contributed by atoms with Crippen LogP contribution in [0, 0.1) is 0 Å². The lowest BCUT2D eigenvalue weighted by atomic mass is 10.1. The molecule has 0 aliphatic carbocycles. The Morgan fingerprint density at radius 3 is 2.76 bits per heavy atom. The maximum Gasteiger partial charge on any atom is 0.291 e. The largest absolute Gasteiger partial charge is 0.485 e. The number of ether oxygens (including phenoxy) is 2. The molecule has 0 saturated heterocycles. The lowest BCUT2D eigenvalue weighted by molar-refractivity contribution is 0.0992. The molecule has 1 amide bonds. The summed E-state index contributed by atoms with van der Waals surface area (Å²) in [4.78, 5) is 12.5. The first-order valence-electron chi connectivity index (χ1n) is 10.2. The molecule has 8 heteroatoms. The highest BCUT2D eigenvalue weighted by Gasteiger charge is 2.13. The molecule has 168 valence electrons. The van der Waals surface area contributed by atoms with E-state index < -0.39 is 0 Å². The first-order chi connectivity index (χ1) is 16.1. The Labute approximate surface area is 199 Å². The molecule has 0 fully saturated rings. The number of carbonyl (C=O) groups excluding carboxylic acids is 1. The maximum atomic E-state index is 12.5. The van der Waals surface area contributed by atoms with Gasteiger partial charge in [-0.15, -0.1) is 6.58 Å². The van der Waals surface area contributed by atoms with Crippen molar-refractivity contribution in [3.05, 3.63) is 107 Å². The molecule has 4 aromatic rings. The molecule has 2 heterocycles. The predicted octanol–water partition coefficient (Wildman–Crippen LogP) is 5.83. The quantitative estimate of drug-likeness (QED) is 0.273. The molecule has 2 aromatic carbocycles. The van der Waals surface area contributed by atoms with Crippen LogP contribution < -0.4 is 14.8 Å². The third-order valence-electron chi connectivity index (χ3n) is 4.66. The number of aromatic nitrogens is 2. The molecule has 0 radical (unpaired) electrons. The van der Waals surface area contributed by atoms with Crippen molar-refractivity contribution in [3.63, 3.8) is 0 Å². The highest BCUT2D eigenvalue weighted by Crippen LogP contribution is 2.21. The minimum atomic E-state index is -0.373. The Morgan fingerprint density at radius 1 is 1.12 bits per heavy atom. The lowest BCUT2D eigenvalue weighted by Crippen LogP contribution is -2.10. The van der Waals surface area contributed by atoms with Crippen LogP contribution in [0.4, 0.5) is 5.69 Å². The third-order valence-corrected chi connectivity index (χ3v) is 5.19. The van der Waals surface area contributed by atoms with Crippen LogP contribution in [-0.2, 0) is 19.8 Å². The van der Waals surface area contributed by atoms with E-state index in [2.05, 4.69) is 32.9 Å². The van der Waals surface area contributed by atoms with Crippen molar-refractivity contribution in [3.8, 4) is 11.5 Å². The number of rotatable bonds is 10. The van der Waals surface area contributed by atoms with E-state index in [9.17, 15) is 4.79 Å². The van der Waals surface area contributed by atoms with E-state index in [4.69, 9.17) is 13.9 Å². The molecule has 33 heavy (non-hydrogen) atoms. The van der Waals surface area contributed by atoms with Crippen LogP contribution in [0.2, 0.25) is 0 Å². The summed E-state index contributed by atoms with van der Waals surface area (Å²) in [5.41, 5.74) is 1.57. The van der Waals surface area contributed by atoms with Crippen LogP contribution in [0.1, 0.15) is 21.9 Å². The Morgan fingerprint density at radius 2 is 1.94 bits per heavy atom. The number of amides is 1. The number of para-hydroxylation sites is 1. The van der Waals surface area contributed by atoms with Crippen molar-refractivity contribution in [2.45, 2.75) is 19.8 Å². The number of hydrogen-bond acceptors (Lipinski definition) is 5. The molecule has 2 aromatic heterocycles. The van der Waals surface area contributed by atoms with Gasteiger partial charge in [-0.3, -0.25) is 4.79 Å². The SMILES string of the molecule is C=CCc1ccccc1OCc1ccc(C(=O)Nc2cnn(COc3ccc(Br)cc3)c2)o1. The molecule has 0 saturated carbocycles. The van der Waals surface area contributed by atoms with Crippen LogP contribution in [0.25, 0.3) is 0 Å². The van der Waals surface area contributed by atoms with Gasteiger partial charge in [-0.05, 0) is 54.4 Å². The summed E-state index contributed by atoms with van der Waals surface area (Å²) < 4.78 is 19.7. The van der Waals surface area contributed by atoms with Crippen molar-refractivity contribution in [1.29, 1.82) is 0 Å². The molecule has 0 unspecified atom stereocenters. The van der Waals surface area contributed by atoms with Gasteiger partial charge >= 0.3 is 0 Å². The Bertz CT molecular complexity index is 1230. The second-order valence-electron chi connectivity index (χ2n) is 7.11. The topological polar surface area (TPSA) is 78.5 Å². The Kier molecular flexibility index (Phi) is 7.26. The fourth-order valence-corrected chi connectivity index (χ4v) is 3.32. The van der Waals surface area contributed by atoms with Gasteiger partial charge in [0.05, 0.1) is 18.1 Å². The average molecular weight is 508 g/mol. The fraction of sp³-hybridized carbons (Fsp3) is 0.120. The Balaban J connectivity index is 1.30. The van der Waals surface area contributed by atoms with E-state index in [1.807, 2.05) is 54.6 Å². The van der Waals surface area contributed by atoms with Gasteiger partial charge in [0.1, 0.15) is 23.9 Å². The normalized spacial score (nSPS) is 10.6. The number of carbonyl (C=O) groups is 1. The molecular weight excluding hydrogens is 486 g/mol. The molecule has 7 nitrogen and oxygen atoms in total. The monoisotopic (exact) mass is 507 g/mol. The minimum Gasteiger partial charge on any atom is -0.485 e. The van der Waals surface area contributed by atoms with Crippen LogP contribution >= 0.6 is 15.9 Å². The molecule has 0 atom stereocenters. The molecule has 0 spiro atoms. The number of benzene rings is 2. The number of hydrogen-bond donors (Lipinski definition) is 1. The number of furan rings is 1. The summed E-state index contributed by atoms with van der Waals surface area (Å²) in [6, 6.07) is 18.6. The van der Waals surface area contributed by atoms with E-state index in [1.165, 1.54) is 0 Å². The number of anilines is 1. The second-order valence-corrected chi connectivity index (χ2v) is 8.02. The van der Waals surface area contributed by atoms with Crippen molar-refractivity contribution in [2.75, 3.05) is 5.32 Å². The number of nitrogens with zero attached hydrogens (tertiary/aromatic N) is 2. The van der Waals surface area contributed by atoms with E-state index in [0.29, 0.717) is 17.9 Å². The summed E-state index contributed by atoms with van der Waals surface area (Å²) in [6.45, 7) is 4.20. The number of allylic oxidation sites excluding steroid dienone is 1. The summed E-state index contributed by atoms with van der Waals surface area (Å²) >= 11 is 3.38. The van der Waals surface area contributed by atoms with Crippen LogP contribution in [-0.4, -0.2) is 15.7 Å². The average Bonchev–Trinajstić information content (AvgIpc) is 3.48. The van der Waals surface area contributed by atoms with Gasteiger partial charge in [-0.1, -0.05) is 40.2 Å². The first-order valence-corrected chi connectivity index (χ1v) is 11.0. The van der Waals surface area contributed by atoms with Crippen LogP contribution in [0.15, 0.2) is 94.6 Å². The van der Waals surface area contributed by atoms with Gasteiger partial charge in [-0.25, -0.2) is 4.68 Å². The van der Waals surface area contributed by atoms with E-state index in [0.717, 1.165) is 21.5 Å². The zero-order valence-corrected chi connectivity index (χ0v) is 19.3. The van der Waals surface area contributed by atoms with Crippen molar-refractivity contribution >= 4 is 27.5 Å². The first kappa shape index (κ1) is 22.4. The van der Waals surface area contributed by atoms with E-state index in [1.54, 1.807) is 29.2 Å². The second kappa shape index (κ2) is 10.7. The predicted molar refractivity (Wildman–Crippen MR) is 128 cm³/mol. The molecular formula is C25H22BrN3O4. The zero-order chi connectivity index (χ0) is 23.0. The Hall–Kier alpha value is -3.78. The lowest BCUT2D eigenvalue weighted by Gasteiger charge is -2.08. The molecule has 4 rings (SSSR count). The smallest absolute Gasteiger partial charge is 0.291 e. The fourth-order valence-electron chi connectivity index (χ4n) is 3.06. The zero-order valence-electron chi connectivity index (χ0n) is 17.7. The van der Waals surface area contributed by atoms with E-state index >= 15 is 0 Å². The third kappa shape index (κ3) is 6.14. The highest BCUT2D eigenvalue weighted by molar-refractivity contribution is 9.10. The standard InChI is InChI=1S/C25H22BrN3O4/c1-2-5-18-6-3-4-7-23(18)31-16-22-12-13-24(33-22)25(30)28-20-14-27-29(15-20)17-32-21-10-8-19(26)9-11-21/h2-4,6-15H,1,5,16-17H2,(H,28,30). The molecule has 0 bridgehead atoms. The van der Waals surface area contributed by atoms with Gasteiger partial charge in [-0.2, -0.15) is 5.10 Å². The summed E-state index contributed by atoms with van der Waals surface area (Å²) in [5, 5.41) is 6.96. The van der Waals surface area contributed by atoms with Crippen LogP contribution in [0.3, 0.4) is 0 Å². The highest BCUT2D eigenvalue weighted by atomic mass is 79.9. The maximum absolute atomic E-state index is 12.5. The van der Waals surface area contributed by atoms with Crippen LogP contribution in [0.5, 0.6) is 11.5 Å². The van der Waals surface area contributed by atoms with Gasteiger partial charge in [0.15, 0.2) is 12.5 Å². The molecule has 0 aliphatic rings. The van der Waals surface area contributed by atoms with Crippen molar-refractivity contribution < 1.29 is 18.7 Å². The number of nitrogens with one attached hydrogen (secondary N) is 1. The van der Waals surface area contributed by atoms with Crippen molar-refractivity contribution in [2.24, 2.45) is 0 Å². The van der Waals surface area contributed by atoms with Crippen molar-refractivity contribution in [1.82, 2.24) is 9.78 Å². The summed E-state index contributed by atoms with van der Waals surface area (Å²) in [7, 11) is 0.